The fraction of sp³-hybridized carbons (Fsp3) is 0.696. The van der Waals surface area contributed by atoms with Gasteiger partial charge in [-0.15, -0.1) is 0 Å². The van der Waals surface area contributed by atoms with Crippen molar-refractivity contribution in [3.8, 4) is 0 Å². The van der Waals surface area contributed by atoms with E-state index in [2.05, 4.69) is 56.7 Å². The first-order chi connectivity index (χ1) is 11.4. The zero-order valence-electron chi connectivity index (χ0n) is 15.9. The molecule has 23 heavy (non-hydrogen) atoms. The molecule has 0 bridgehead atoms. The smallest absolute Gasteiger partial charge is 0.0169 e. The SMILES string of the molecule is CC/C=C\C/C=C\C/C=C\CCCCCCCC[CH]CCCC. The standard InChI is InChI=1S/C23H41/c1-3-5-7-9-11-13-15-17-19-21-23-22-20-18-16-14-12-10-8-6-4-2/h5,7,10-11,13,17,19H,3-4,6,8-9,12,14-16,18,20-23H2,1-2H3/b7-5-,13-11-,19-17-. The van der Waals surface area contributed by atoms with Gasteiger partial charge in [-0.05, 0) is 38.5 Å². The van der Waals surface area contributed by atoms with Gasteiger partial charge in [0.15, 0.2) is 0 Å². The molecule has 0 fully saturated rings. The minimum Gasteiger partial charge on any atom is -0.0885 e. The summed E-state index contributed by atoms with van der Waals surface area (Å²) in [4.78, 5) is 0. The van der Waals surface area contributed by atoms with Crippen molar-refractivity contribution >= 4 is 0 Å². The zero-order chi connectivity index (χ0) is 16.8. The Bertz CT molecular complexity index is 282. The van der Waals surface area contributed by atoms with E-state index in [-0.39, 0.29) is 0 Å². The molecule has 0 nitrogen and oxygen atoms in total. The zero-order valence-corrected chi connectivity index (χ0v) is 15.9. The Morgan fingerprint density at radius 1 is 0.478 bits per heavy atom. The van der Waals surface area contributed by atoms with Gasteiger partial charge in [0.05, 0.1) is 0 Å². The third kappa shape index (κ3) is 21.2. The Hall–Kier alpha value is -0.780. The van der Waals surface area contributed by atoms with Crippen LogP contribution in [0.3, 0.4) is 0 Å². The second-order valence-electron chi connectivity index (χ2n) is 6.42. The average molecular weight is 318 g/mol. The topological polar surface area (TPSA) is 0 Å². The van der Waals surface area contributed by atoms with E-state index in [1.165, 1.54) is 70.6 Å². The number of unbranched alkanes of at least 4 members (excludes halogenated alkanes) is 11. The summed E-state index contributed by atoms with van der Waals surface area (Å²) >= 11 is 0. The van der Waals surface area contributed by atoms with Gasteiger partial charge < -0.3 is 0 Å². The number of allylic oxidation sites excluding steroid dienone is 6. The minimum absolute atomic E-state index is 1.08. The van der Waals surface area contributed by atoms with E-state index in [4.69, 9.17) is 0 Å². The van der Waals surface area contributed by atoms with Gasteiger partial charge in [-0.2, -0.15) is 0 Å². The summed E-state index contributed by atoms with van der Waals surface area (Å²) in [5.41, 5.74) is 0. The second kappa shape index (κ2) is 21.2. The lowest BCUT2D eigenvalue weighted by Gasteiger charge is -2.01. The predicted octanol–water partition coefficient (Wildman–Crippen LogP) is 8.36. The van der Waals surface area contributed by atoms with Crippen LogP contribution in [-0.2, 0) is 0 Å². The molecule has 0 saturated heterocycles. The summed E-state index contributed by atoms with van der Waals surface area (Å²) in [6.07, 6.45) is 34.6. The highest BCUT2D eigenvalue weighted by atomic mass is 14.0. The summed E-state index contributed by atoms with van der Waals surface area (Å²) in [6.45, 7) is 4.45. The predicted molar refractivity (Wildman–Crippen MR) is 108 cm³/mol. The van der Waals surface area contributed by atoms with Crippen molar-refractivity contribution in [2.45, 2.75) is 104 Å². The fourth-order valence-corrected chi connectivity index (χ4v) is 2.58. The molecule has 0 heteroatoms. The van der Waals surface area contributed by atoms with Gasteiger partial charge >= 0.3 is 0 Å². The first-order valence-corrected chi connectivity index (χ1v) is 10.2. The van der Waals surface area contributed by atoms with Crippen LogP contribution in [0.25, 0.3) is 0 Å². The molecule has 133 valence electrons. The van der Waals surface area contributed by atoms with E-state index < -0.39 is 0 Å². The highest BCUT2D eigenvalue weighted by Gasteiger charge is 1.92. The Labute approximate surface area is 147 Å². The minimum atomic E-state index is 1.08. The van der Waals surface area contributed by atoms with Crippen molar-refractivity contribution in [3.05, 3.63) is 42.9 Å². The first kappa shape index (κ1) is 22.2. The van der Waals surface area contributed by atoms with E-state index in [1.807, 2.05) is 0 Å². The van der Waals surface area contributed by atoms with Gasteiger partial charge in [0, 0.05) is 0 Å². The molecular formula is C23H41. The molecule has 0 unspecified atom stereocenters. The molecule has 0 spiro atoms. The van der Waals surface area contributed by atoms with Crippen LogP contribution in [0.4, 0.5) is 0 Å². The molecule has 0 aliphatic carbocycles. The van der Waals surface area contributed by atoms with Crippen LogP contribution in [-0.4, -0.2) is 0 Å². The third-order valence-corrected chi connectivity index (χ3v) is 4.07. The second-order valence-corrected chi connectivity index (χ2v) is 6.42. The third-order valence-electron chi connectivity index (χ3n) is 4.07. The molecule has 0 N–H and O–H groups in total. The van der Waals surface area contributed by atoms with Crippen LogP contribution in [0, 0.1) is 6.42 Å². The number of rotatable bonds is 17. The summed E-state index contributed by atoms with van der Waals surface area (Å²) in [7, 11) is 0. The van der Waals surface area contributed by atoms with E-state index in [1.54, 1.807) is 0 Å². The largest absolute Gasteiger partial charge is 0.0885 e. The molecule has 0 aromatic rings. The summed E-state index contributed by atoms with van der Waals surface area (Å²) < 4.78 is 0. The molecule has 0 aromatic heterocycles. The molecule has 0 atom stereocenters. The van der Waals surface area contributed by atoms with E-state index in [9.17, 15) is 0 Å². The van der Waals surface area contributed by atoms with Crippen LogP contribution >= 0.6 is 0 Å². The van der Waals surface area contributed by atoms with Gasteiger partial charge in [0.2, 0.25) is 0 Å². The molecule has 0 saturated carbocycles. The first-order valence-electron chi connectivity index (χ1n) is 10.2. The van der Waals surface area contributed by atoms with Crippen LogP contribution in [0.15, 0.2) is 36.5 Å². The number of hydrogen-bond donors (Lipinski definition) is 0. The Balaban J connectivity index is 3.14. The van der Waals surface area contributed by atoms with E-state index in [0.29, 0.717) is 0 Å². The van der Waals surface area contributed by atoms with Gasteiger partial charge in [-0.3, -0.25) is 0 Å². The van der Waals surface area contributed by atoms with Crippen LogP contribution in [0.5, 0.6) is 0 Å². The van der Waals surface area contributed by atoms with Crippen molar-refractivity contribution in [1.82, 2.24) is 0 Å². The lowest BCUT2D eigenvalue weighted by Crippen LogP contribution is -1.82. The lowest BCUT2D eigenvalue weighted by atomic mass is 10.1. The molecule has 1 radical (unpaired) electrons. The van der Waals surface area contributed by atoms with Crippen molar-refractivity contribution in [2.75, 3.05) is 0 Å². The van der Waals surface area contributed by atoms with Crippen molar-refractivity contribution in [2.24, 2.45) is 0 Å². The maximum Gasteiger partial charge on any atom is -0.0169 e. The lowest BCUT2D eigenvalue weighted by molar-refractivity contribution is 0.588. The highest BCUT2D eigenvalue weighted by molar-refractivity contribution is 4.96. The van der Waals surface area contributed by atoms with Crippen LogP contribution in [0.2, 0.25) is 0 Å². The monoisotopic (exact) mass is 317 g/mol. The van der Waals surface area contributed by atoms with Gasteiger partial charge in [-0.1, -0.05) is 108 Å². The van der Waals surface area contributed by atoms with Crippen LogP contribution in [0.1, 0.15) is 104 Å². The summed E-state index contributed by atoms with van der Waals surface area (Å²) in [6, 6.07) is 0. The molecule has 0 heterocycles. The Morgan fingerprint density at radius 2 is 1.00 bits per heavy atom. The molecule has 0 amide bonds. The normalized spacial score (nSPS) is 12.3. The Kier molecular flexibility index (Phi) is 20.5. The molecule has 0 aromatic carbocycles. The maximum atomic E-state index is 2.49. The summed E-state index contributed by atoms with van der Waals surface area (Å²) in [5.74, 6) is 0. The van der Waals surface area contributed by atoms with Gasteiger partial charge in [-0.25, -0.2) is 0 Å². The fourth-order valence-electron chi connectivity index (χ4n) is 2.58. The Morgan fingerprint density at radius 3 is 1.65 bits per heavy atom. The van der Waals surface area contributed by atoms with Gasteiger partial charge in [0.25, 0.3) is 0 Å². The molecule has 0 aliphatic rings. The van der Waals surface area contributed by atoms with Crippen molar-refractivity contribution in [3.63, 3.8) is 0 Å². The van der Waals surface area contributed by atoms with Crippen LogP contribution < -0.4 is 0 Å². The van der Waals surface area contributed by atoms with E-state index in [0.717, 1.165) is 19.3 Å². The van der Waals surface area contributed by atoms with E-state index >= 15 is 0 Å². The molecule has 0 aliphatic heterocycles. The molecule has 0 rings (SSSR count). The van der Waals surface area contributed by atoms with Crippen molar-refractivity contribution in [1.29, 1.82) is 0 Å². The quantitative estimate of drug-likeness (QED) is 0.187. The number of hydrogen-bond acceptors (Lipinski definition) is 0. The molecular weight excluding hydrogens is 276 g/mol. The summed E-state index contributed by atoms with van der Waals surface area (Å²) in [5, 5.41) is 0. The highest BCUT2D eigenvalue weighted by Crippen LogP contribution is 2.11. The van der Waals surface area contributed by atoms with Crippen molar-refractivity contribution < 1.29 is 0 Å². The maximum absolute atomic E-state index is 2.49. The average Bonchev–Trinajstić information content (AvgIpc) is 2.57. The van der Waals surface area contributed by atoms with Gasteiger partial charge in [0.1, 0.15) is 0 Å².